The lowest BCUT2D eigenvalue weighted by Gasteiger charge is -2.55. The first-order chi connectivity index (χ1) is 15.5. The van der Waals surface area contributed by atoms with Crippen LogP contribution >= 0.6 is 11.9 Å². The van der Waals surface area contributed by atoms with Crippen molar-refractivity contribution < 1.29 is 4.79 Å². The highest BCUT2D eigenvalue weighted by atomic mass is 32.2. The molecule has 2 aromatic rings. The summed E-state index contributed by atoms with van der Waals surface area (Å²) in [7, 11) is 0. The van der Waals surface area contributed by atoms with Gasteiger partial charge in [0.15, 0.2) is 0 Å². The molecule has 1 saturated carbocycles. The number of nitrogens with zero attached hydrogens (tertiary/aromatic N) is 4. The van der Waals surface area contributed by atoms with Gasteiger partial charge in [0, 0.05) is 48.9 Å². The summed E-state index contributed by atoms with van der Waals surface area (Å²) in [5, 5.41) is 14.1. The van der Waals surface area contributed by atoms with Crippen molar-refractivity contribution in [2.24, 2.45) is 5.92 Å². The fourth-order valence-electron chi connectivity index (χ4n) is 4.84. The molecule has 32 heavy (non-hydrogen) atoms. The van der Waals surface area contributed by atoms with Crippen LogP contribution < -0.4 is 5.32 Å². The van der Waals surface area contributed by atoms with E-state index in [9.17, 15) is 10.1 Å². The van der Waals surface area contributed by atoms with Gasteiger partial charge in [0.2, 0.25) is 5.91 Å². The topological polar surface area (TPSA) is 88.1 Å². The van der Waals surface area contributed by atoms with Gasteiger partial charge in [0.25, 0.3) is 0 Å². The van der Waals surface area contributed by atoms with Crippen molar-refractivity contribution in [1.29, 1.82) is 5.26 Å². The summed E-state index contributed by atoms with van der Waals surface area (Å²) >= 11 is 1.88. The Kier molecular flexibility index (Phi) is 5.74. The predicted octanol–water partition coefficient (Wildman–Crippen LogP) is 4.03. The smallest absolute Gasteiger partial charge is 0.228 e. The third kappa shape index (κ3) is 4.17. The fourth-order valence-corrected chi connectivity index (χ4v) is 6.07. The van der Waals surface area contributed by atoms with Crippen LogP contribution in [0.3, 0.4) is 0 Å². The maximum atomic E-state index is 12.3. The van der Waals surface area contributed by atoms with Crippen LogP contribution in [0.2, 0.25) is 0 Å². The zero-order valence-corrected chi connectivity index (χ0v) is 19.5. The molecule has 2 fully saturated rings. The lowest BCUT2D eigenvalue weighted by atomic mass is 9.84. The lowest BCUT2D eigenvalue weighted by Crippen LogP contribution is -2.68. The van der Waals surface area contributed by atoms with Gasteiger partial charge in [-0.2, -0.15) is 5.26 Å². The maximum absolute atomic E-state index is 12.3. The van der Waals surface area contributed by atoms with Gasteiger partial charge in [0.1, 0.15) is 11.5 Å². The van der Waals surface area contributed by atoms with Crippen molar-refractivity contribution in [1.82, 2.24) is 19.2 Å². The maximum Gasteiger partial charge on any atom is 0.228 e. The van der Waals surface area contributed by atoms with E-state index < -0.39 is 0 Å². The molecule has 5 rings (SSSR count). The largest absolute Gasteiger partial charge is 0.346 e. The summed E-state index contributed by atoms with van der Waals surface area (Å²) in [6, 6.07) is 6.51. The van der Waals surface area contributed by atoms with Gasteiger partial charge in [-0.3, -0.25) is 9.69 Å². The average molecular weight is 451 g/mol. The Morgan fingerprint density at radius 3 is 2.91 bits per heavy atom. The van der Waals surface area contributed by atoms with Crippen molar-refractivity contribution >= 4 is 40.3 Å². The standard InChI is InChI=1S/C24H30N6OS/c1-16(2)32-30-14-24(15-30,8-9-25)29-11-6-17(7-12-29)20-13-21(28-23(31)18-3-4-18)27-22-19(20)5-10-26-22/h5-6,10,13,16,18H,3-4,7-8,11-12,14-15H2,1-2H3,(H2,26,27,28,31). The number of aromatic nitrogens is 2. The Bertz CT molecular complexity index is 1090. The minimum Gasteiger partial charge on any atom is -0.346 e. The second-order valence-corrected chi connectivity index (χ2v) is 11.2. The number of hydrogen-bond donors (Lipinski definition) is 2. The van der Waals surface area contributed by atoms with E-state index in [0.717, 1.165) is 62.0 Å². The van der Waals surface area contributed by atoms with E-state index in [0.29, 0.717) is 17.5 Å². The van der Waals surface area contributed by atoms with Gasteiger partial charge in [-0.25, -0.2) is 9.29 Å². The van der Waals surface area contributed by atoms with Gasteiger partial charge >= 0.3 is 0 Å². The van der Waals surface area contributed by atoms with E-state index >= 15 is 0 Å². The highest BCUT2D eigenvalue weighted by molar-refractivity contribution is 7.97. The second kappa shape index (κ2) is 8.54. The molecule has 0 atom stereocenters. The zero-order chi connectivity index (χ0) is 22.3. The lowest BCUT2D eigenvalue weighted by molar-refractivity contribution is -0.117. The molecule has 8 heteroatoms. The summed E-state index contributed by atoms with van der Waals surface area (Å²) < 4.78 is 2.39. The Labute approximate surface area is 193 Å². The van der Waals surface area contributed by atoms with Crippen LogP contribution in [0.1, 0.15) is 45.1 Å². The number of nitrogens with one attached hydrogen (secondary N) is 2. The molecule has 0 spiro atoms. The summed E-state index contributed by atoms with van der Waals surface area (Å²) in [6.07, 6.45) is 7.64. The molecule has 0 bridgehead atoms. The highest BCUT2D eigenvalue weighted by Gasteiger charge is 2.48. The first-order valence-electron chi connectivity index (χ1n) is 11.5. The fraction of sp³-hybridized carbons (Fsp3) is 0.542. The first-order valence-corrected chi connectivity index (χ1v) is 12.3. The number of anilines is 1. The number of nitriles is 1. The molecule has 2 N–H and O–H groups in total. The molecule has 168 valence electrons. The van der Waals surface area contributed by atoms with Crippen molar-refractivity contribution in [2.75, 3.05) is 31.5 Å². The molecule has 1 saturated heterocycles. The number of aromatic amines is 1. The number of pyridine rings is 1. The summed E-state index contributed by atoms with van der Waals surface area (Å²) in [5.74, 6) is 0.844. The molecule has 0 aromatic carbocycles. The van der Waals surface area contributed by atoms with Gasteiger partial charge in [0.05, 0.1) is 18.0 Å². The third-order valence-corrected chi connectivity index (χ3v) is 7.64. The Morgan fingerprint density at radius 1 is 1.44 bits per heavy atom. The molecule has 3 aliphatic rings. The zero-order valence-electron chi connectivity index (χ0n) is 18.7. The van der Waals surface area contributed by atoms with Crippen LogP contribution in [0.15, 0.2) is 24.4 Å². The predicted molar refractivity (Wildman–Crippen MR) is 129 cm³/mol. The number of fused-ring (bicyclic) bond motifs is 1. The van der Waals surface area contributed by atoms with Crippen molar-refractivity contribution in [3.63, 3.8) is 0 Å². The number of H-pyrrole nitrogens is 1. The van der Waals surface area contributed by atoms with E-state index in [1.165, 1.54) is 5.57 Å². The minimum atomic E-state index is -0.0380. The molecular weight excluding hydrogens is 420 g/mol. The number of amides is 1. The Hall–Kier alpha value is -2.34. The van der Waals surface area contributed by atoms with E-state index in [1.807, 2.05) is 24.2 Å². The molecule has 1 amide bonds. The van der Waals surface area contributed by atoms with Crippen LogP contribution in [0.4, 0.5) is 5.82 Å². The molecule has 0 radical (unpaired) electrons. The van der Waals surface area contributed by atoms with E-state index in [-0.39, 0.29) is 17.4 Å². The number of carbonyl (C=O) groups is 1. The van der Waals surface area contributed by atoms with E-state index in [2.05, 4.69) is 56.5 Å². The van der Waals surface area contributed by atoms with Crippen LogP contribution in [0, 0.1) is 17.2 Å². The molecule has 2 aromatic heterocycles. The average Bonchev–Trinajstić information content (AvgIpc) is 3.49. The second-order valence-electron chi connectivity index (χ2n) is 9.50. The monoisotopic (exact) mass is 450 g/mol. The Morgan fingerprint density at radius 2 is 2.25 bits per heavy atom. The van der Waals surface area contributed by atoms with Crippen LogP contribution in [0.5, 0.6) is 0 Å². The van der Waals surface area contributed by atoms with Gasteiger partial charge in [-0.1, -0.05) is 31.9 Å². The SMILES string of the molecule is CC(C)SN1CC(CC#N)(N2CC=C(c3cc(NC(=O)C4CC4)nc4[nH]ccc34)CC2)C1. The molecular formula is C24H30N6OS. The van der Waals surface area contributed by atoms with Gasteiger partial charge < -0.3 is 10.3 Å². The summed E-state index contributed by atoms with van der Waals surface area (Å²) in [6.45, 7) is 8.09. The quantitative estimate of drug-likeness (QED) is 0.620. The normalized spacial score (nSPS) is 21.2. The number of carbonyl (C=O) groups excluding carboxylic acids is 1. The van der Waals surface area contributed by atoms with E-state index in [4.69, 9.17) is 0 Å². The Balaban J connectivity index is 1.35. The van der Waals surface area contributed by atoms with Crippen LogP contribution in [-0.2, 0) is 4.79 Å². The summed E-state index contributed by atoms with van der Waals surface area (Å²) in [4.78, 5) is 22.6. The molecule has 1 aliphatic carbocycles. The molecule has 4 heterocycles. The number of rotatable bonds is 7. The third-order valence-electron chi connectivity index (χ3n) is 6.66. The summed E-state index contributed by atoms with van der Waals surface area (Å²) in [5.41, 5.74) is 3.19. The van der Waals surface area contributed by atoms with Crippen molar-refractivity contribution in [3.8, 4) is 6.07 Å². The van der Waals surface area contributed by atoms with Crippen LogP contribution in [-0.4, -0.2) is 62.0 Å². The number of hydrogen-bond acceptors (Lipinski definition) is 6. The van der Waals surface area contributed by atoms with Crippen molar-refractivity contribution in [3.05, 3.63) is 30.0 Å². The van der Waals surface area contributed by atoms with Gasteiger partial charge in [-0.05, 0) is 42.5 Å². The van der Waals surface area contributed by atoms with Crippen molar-refractivity contribution in [2.45, 2.75) is 50.3 Å². The van der Waals surface area contributed by atoms with Crippen LogP contribution in [0.25, 0.3) is 16.6 Å². The molecule has 0 unspecified atom stereocenters. The highest BCUT2D eigenvalue weighted by Crippen LogP contribution is 2.40. The molecule has 7 nitrogen and oxygen atoms in total. The minimum absolute atomic E-state index is 0.0380. The van der Waals surface area contributed by atoms with E-state index in [1.54, 1.807) is 0 Å². The first kappa shape index (κ1) is 21.5. The molecule has 2 aliphatic heterocycles. The van der Waals surface area contributed by atoms with Gasteiger partial charge in [-0.15, -0.1) is 0 Å².